The van der Waals surface area contributed by atoms with E-state index in [0.29, 0.717) is 33.6 Å². The monoisotopic (exact) mass is 624 g/mol. The van der Waals surface area contributed by atoms with Crippen LogP contribution in [0.4, 0.5) is 25.9 Å². The SMILES string of the molecule is C[n+]1cccc2c1-c1c(ccc[n+]1C)C(=O)C2=O.FB(F)F.FB(F)F.O=C1C(=O)c2cccnc2-c2ncccc21.[F-].[F-]. The molecule has 0 radical (unpaired) electrons. The largest absolute Gasteiger partial charge is 1.00 e. The molecule has 0 atom stereocenters. The Labute approximate surface area is 244 Å². The van der Waals surface area contributed by atoms with Crippen LogP contribution in [0.2, 0.25) is 0 Å². The minimum absolute atomic E-state index is 0. The molecule has 4 heterocycles. The Kier molecular flexibility index (Phi) is 13.3. The predicted molar refractivity (Wildman–Crippen MR) is 137 cm³/mol. The number of aryl methyl sites for hydroxylation is 2. The predicted octanol–water partition coefficient (Wildman–Crippen LogP) is -2.33. The summed E-state index contributed by atoms with van der Waals surface area (Å²) in [7, 11) is -3.59. The van der Waals surface area contributed by atoms with E-state index in [1.54, 1.807) is 60.9 Å². The minimum atomic E-state index is -3.67. The lowest BCUT2D eigenvalue weighted by Crippen LogP contribution is -3.00. The number of hydrogen-bond acceptors (Lipinski definition) is 6. The van der Waals surface area contributed by atoms with Crippen LogP contribution in [0.5, 0.6) is 0 Å². The quantitative estimate of drug-likeness (QED) is 0.0943. The minimum Gasteiger partial charge on any atom is -1.00 e. The first-order chi connectivity index (χ1) is 19.9. The van der Waals surface area contributed by atoms with Crippen molar-refractivity contribution in [3.63, 3.8) is 0 Å². The number of rotatable bonds is 0. The van der Waals surface area contributed by atoms with Crippen LogP contribution in [-0.4, -0.2) is 48.2 Å². The van der Waals surface area contributed by atoms with Gasteiger partial charge in [0.2, 0.25) is 23.1 Å². The highest BCUT2D eigenvalue weighted by Crippen LogP contribution is 2.29. The van der Waals surface area contributed by atoms with E-state index in [1.807, 2.05) is 35.6 Å². The Bertz CT molecular complexity index is 1570. The maximum Gasteiger partial charge on any atom is 0.762 e. The highest BCUT2D eigenvalue weighted by atomic mass is 19.4. The van der Waals surface area contributed by atoms with Crippen LogP contribution in [0.15, 0.2) is 73.3 Å². The van der Waals surface area contributed by atoms with Crippen LogP contribution in [0.25, 0.3) is 22.8 Å². The van der Waals surface area contributed by atoms with Crippen molar-refractivity contribution in [2.45, 2.75) is 0 Å². The average molecular weight is 624 g/mol. The summed E-state index contributed by atoms with van der Waals surface area (Å²) in [4.78, 5) is 55.9. The van der Waals surface area contributed by atoms with E-state index in [2.05, 4.69) is 9.97 Å². The molecule has 0 spiro atoms. The second-order valence-electron chi connectivity index (χ2n) is 8.37. The Morgan fingerprint density at radius 1 is 0.523 bits per heavy atom. The standard InChI is InChI=1S/C14H12N2O2.C12H6N2O2.2BF3.2FH/c1-15-7-3-5-9-11(15)12-10(14(18)13(9)17)6-4-8-16(12)2;15-11-7-3-1-5-13-9(7)10-8(12(11)16)4-2-6-14-10;2*2-1(3)4;;/h3-8H,1-2H3;1-6H;;;2*1H/q+2;;;;;/p-2. The second kappa shape index (κ2) is 15.9. The lowest BCUT2D eigenvalue weighted by molar-refractivity contribution is -0.690. The number of carbonyl (C=O) groups is 4. The maximum atomic E-state index is 12.1. The zero-order valence-electron chi connectivity index (χ0n) is 22.5. The van der Waals surface area contributed by atoms with Gasteiger partial charge in [-0.15, -0.1) is 0 Å². The smallest absolute Gasteiger partial charge is 0.762 e. The van der Waals surface area contributed by atoms with Gasteiger partial charge < -0.3 is 9.41 Å². The average Bonchev–Trinajstić information content (AvgIpc) is 2.94. The van der Waals surface area contributed by atoms with Crippen LogP contribution < -0.4 is 18.5 Å². The van der Waals surface area contributed by atoms with E-state index in [0.717, 1.165) is 11.4 Å². The number of halogens is 8. The molecule has 2 aliphatic carbocycles. The maximum absolute atomic E-state index is 12.1. The summed E-state index contributed by atoms with van der Waals surface area (Å²) in [5.41, 5.74) is 4.17. The van der Waals surface area contributed by atoms with Gasteiger partial charge in [-0.3, -0.25) is 55.0 Å². The Morgan fingerprint density at radius 3 is 1.11 bits per heavy atom. The fraction of sp³-hybridized carbons (Fsp3) is 0.0769. The van der Waals surface area contributed by atoms with Crippen molar-refractivity contribution in [1.82, 2.24) is 9.97 Å². The molecule has 0 bridgehead atoms. The third-order valence-corrected chi connectivity index (χ3v) is 5.82. The molecule has 0 N–H and O–H groups in total. The number of nitrogens with zero attached hydrogens (tertiary/aromatic N) is 4. The van der Waals surface area contributed by atoms with Crippen molar-refractivity contribution in [2.75, 3.05) is 0 Å². The van der Waals surface area contributed by atoms with E-state index in [1.165, 1.54) is 0 Å². The van der Waals surface area contributed by atoms with E-state index >= 15 is 0 Å². The molecule has 8 nitrogen and oxygen atoms in total. The molecular formula is C26H18B2F8N4O4. The molecule has 0 aromatic carbocycles. The van der Waals surface area contributed by atoms with Gasteiger partial charge in [-0.1, -0.05) is 0 Å². The number of aromatic nitrogens is 4. The van der Waals surface area contributed by atoms with Crippen LogP contribution in [0, 0.1) is 0 Å². The topological polar surface area (TPSA) is 102 Å². The molecule has 0 unspecified atom stereocenters. The van der Waals surface area contributed by atoms with Gasteiger partial charge in [0.25, 0.3) is 11.4 Å². The van der Waals surface area contributed by atoms with Gasteiger partial charge in [0.1, 0.15) is 36.6 Å². The number of pyridine rings is 4. The molecule has 0 saturated heterocycles. The summed E-state index contributed by atoms with van der Waals surface area (Å²) in [5, 5.41) is 0. The molecule has 0 saturated carbocycles. The molecule has 0 amide bonds. The fourth-order valence-corrected chi connectivity index (χ4v) is 4.22. The van der Waals surface area contributed by atoms with Crippen molar-refractivity contribution < 1.29 is 63.6 Å². The number of carbonyl (C=O) groups excluding carboxylic acids is 4. The zero-order chi connectivity index (χ0) is 31.1. The van der Waals surface area contributed by atoms with E-state index < -0.39 is 38.2 Å². The lowest BCUT2D eigenvalue weighted by Gasteiger charge is -2.14. The van der Waals surface area contributed by atoms with Crippen molar-refractivity contribution in [3.8, 4) is 22.8 Å². The van der Waals surface area contributed by atoms with Gasteiger partial charge in [-0.05, 0) is 36.4 Å². The summed E-state index contributed by atoms with van der Waals surface area (Å²) >= 11 is 0. The summed E-state index contributed by atoms with van der Waals surface area (Å²) in [6.07, 6.45) is 6.91. The third-order valence-electron chi connectivity index (χ3n) is 5.82. The van der Waals surface area contributed by atoms with E-state index in [4.69, 9.17) is 0 Å². The molecule has 228 valence electrons. The summed E-state index contributed by atoms with van der Waals surface area (Å²) in [6.45, 7) is 0. The molecule has 0 aliphatic heterocycles. The first kappa shape index (κ1) is 36.9. The highest BCUT2D eigenvalue weighted by Gasteiger charge is 2.41. The van der Waals surface area contributed by atoms with E-state index in [9.17, 15) is 45.1 Å². The lowest BCUT2D eigenvalue weighted by atomic mass is 9.90. The molecule has 4 aromatic rings. The van der Waals surface area contributed by atoms with Gasteiger partial charge in [0.05, 0.1) is 11.1 Å². The second-order valence-corrected chi connectivity index (χ2v) is 8.37. The summed E-state index contributed by atoms with van der Waals surface area (Å²) in [5.74, 6) is -1.88. The number of fused-ring (bicyclic) bond motifs is 6. The summed E-state index contributed by atoms with van der Waals surface area (Å²) in [6, 6.07) is 13.4. The first-order valence-electron chi connectivity index (χ1n) is 11.8. The molecule has 44 heavy (non-hydrogen) atoms. The normalized spacial score (nSPS) is 11.5. The highest BCUT2D eigenvalue weighted by molar-refractivity contribution is 6.53. The van der Waals surface area contributed by atoms with E-state index in [-0.39, 0.29) is 9.41 Å². The van der Waals surface area contributed by atoms with Gasteiger partial charge in [0, 0.05) is 24.5 Å². The number of ketones is 4. The van der Waals surface area contributed by atoms with Crippen molar-refractivity contribution in [3.05, 3.63) is 95.6 Å². The third kappa shape index (κ3) is 8.02. The molecule has 0 fully saturated rings. The van der Waals surface area contributed by atoms with Gasteiger partial charge in [-0.25, -0.2) is 0 Å². The number of hydrogen-bond donors (Lipinski definition) is 0. The molecule has 2 aliphatic rings. The Morgan fingerprint density at radius 2 is 0.795 bits per heavy atom. The Balaban J connectivity index is 0.000000344. The van der Waals surface area contributed by atoms with Gasteiger partial charge in [0.15, 0.2) is 12.4 Å². The molecule has 18 heteroatoms. The van der Waals surface area contributed by atoms with Crippen LogP contribution in [-0.2, 0) is 14.1 Å². The molecule has 4 aromatic heterocycles. The van der Waals surface area contributed by atoms with Crippen molar-refractivity contribution >= 4 is 38.2 Å². The van der Waals surface area contributed by atoms with Gasteiger partial charge >= 0.3 is 15.1 Å². The molecule has 6 rings (SSSR count). The van der Waals surface area contributed by atoms with Crippen molar-refractivity contribution in [2.24, 2.45) is 14.1 Å². The van der Waals surface area contributed by atoms with Crippen molar-refractivity contribution in [1.29, 1.82) is 0 Å². The number of Topliss-reactive ketones (excluding diaryl/α,β-unsaturated/α-hetero) is 4. The fourth-order valence-electron chi connectivity index (χ4n) is 4.22. The van der Waals surface area contributed by atoms with Crippen LogP contribution in [0.1, 0.15) is 41.4 Å². The van der Waals surface area contributed by atoms with Gasteiger partial charge in [-0.2, -0.15) is 9.13 Å². The summed E-state index contributed by atoms with van der Waals surface area (Å²) < 4.78 is 61.7. The zero-order valence-corrected chi connectivity index (χ0v) is 22.5. The first-order valence-corrected chi connectivity index (χ1v) is 11.8. The van der Waals surface area contributed by atoms with Crippen LogP contribution in [0.3, 0.4) is 0 Å². The Hall–Kier alpha value is -5.15. The molecular weight excluding hydrogens is 606 g/mol. The van der Waals surface area contributed by atoms with Crippen LogP contribution >= 0.6 is 0 Å².